The number of hydrogen-bond acceptors (Lipinski definition) is 1. The van der Waals surface area contributed by atoms with Crippen LogP contribution in [-0.2, 0) is 5.54 Å². The van der Waals surface area contributed by atoms with E-state index in [2.05, 4.69) is 6.92 Å². The first-order valence-corrected chi connectivity index (χ1v) is 6.72. The SMILES string of the molecule is CCC1CCC(N)(c2c(F)ccc(C)c2F)CC1. The van der Waals surface area contributed by atoms with Gasteiger partial charge in [-0.1, -0.05) is 19.4 Å². The van der Waals surface area contributed by atoms with Gasteiger partial charge in [-0.3, -0.25) is 0 Å². The van der Waals surface area contributed by atoms with E-state index in [0.717, 1.165) is 19.3 Å². The van der Waals surface area contributed by atoms with Gasteiger partial charge >= 0.3 is 0 Å². The first-order valence-electron chi connectivity index (χ1n) is 6.72. The molecule has 1 aliphatic rings. The minimum atomic E-state index is -0.828. The average molecular weight is 253 g/mol. The highest BCUT2D eigenvalue weighted by Crippen LogP contribution is 2.40. The lowest BCUT2D eigenvalue weighted by Crippen LogP contribution is -2.42. The molecule has 1 nitrogen and oxygen atoms in total. The lowest BCUT2D eigenvalue weighted by atomic mass is 9.72. The van der Waals surface area contributed by atoms with E-state index in [1.165, 1.54) is 12.1 Å². The third kappa shape index (κ3) is 2.28. The Labute approximate surface area is 107 Å². The quantitative estimate of drug-likeness (QED) is 0.846. The highest BCUT2D eigenvalue weighted by atomic mass is 19.1. The van der Waals surface area contributed by atoms with Gasteiger partial charge in [-0.25, -0.2) is 8.78 Å². The first kappa shape index (κ1) is 13.5. The van der Waals surface area contributed by atoms with E-state index < -0.39 is 17.2 Å². The summed E-state index contributed by atoms with van der Waals surface area (Å²) in [6.45, 7) is 3.81. The number of rotatable bonds is 2. The molecule has 0 unspecified atom stereocenters. The van der Waals surface area contributed by atoms with E-state index in [1.807, 2.05) is 0 Å². The van der Waals surface area contributed by atoms with Crippen LogP contribution in [0.2, 0.25) is 0 Å². The van der Waals surface area contributed by atoms with Crippen molar-refractivity contribution >= 4 is 0 Å². The Morgan fingerprint density at radius 1 is 1.28 bits per heavy atom. The average Bonchev–Trinajstić information content (AvgIpc) is 2.35. The number of aryl methyl sites for hydroxylation is 1. The Morgan fingerprint density at radius 2 is 1.89 bits per heavy atom. The van der Waals surface area contributed by atoms with Crippen molar-refractivity contribution in [2.75, 3.05) is 0 Å². The lowest BCUT2D eigenvalue weighted by Gasteiger charge is -2.37. The lowest BCUT2D eigenvalue weighted by molar-refractivity contribution is 0.220. The van der Waals surface area contributed by atoms with Crippen LogP contribution in [0, 0.1) is 24.5 Å². The van der Waals surface area contributed by atoms with Crippen LogP contribution in [0.15, 0.2) is 12.1 Å². The zero-order chi connectivity index (χ0) is 13.3. The number of nitrogens with two attached hydrogens (primary N) is 1. The monoisotopic (exact) mass is 253 g/mol. The summed E-state index contributed by atoms with van der Waals surface area (Å²) in [6.07, 6.45) is 4.38. The molecule has 0 heterocycles. The van der Waals surface area contributed by atoms with E-state index in [0.29, 0.717) is 24.3 Å². The molecule has 1 fully saturated rings. The molecule has 0 aromatic heterocycles. The van der Waals surface area contributed by atoms with Gasteiger partial charge in [0.15, 0.2) is 0 Å². The molecule has 0 radical (unpaired) electrons. The molecule has 0 aliphatic heterocycles. The molecule has 3 heteroatoms. The Morgan fingerprint density at radius 3 is 2.44 bits per heavy atom. The van der Waals surface area contributed by atoms with Gasteiger partial charge in [0.25, 0.3) is 0 Å². The van der Waals surface area contributed by atoms with Gasteiger partial charge in [-0.2, -0.15) is 0 Å². The fourth-order valence-electron chi connectivity index (χ4n) is 2.96. The van der Waals surface area contributed by atoms with Crippen LogP contribution in [0.4, 0.5) is 8.78 Å². The zero-order valence-electron chi connectivity index (χ0n) is 11.1. The van der Waals surface area contributed by atoms with Crippen molar-refractivity contribution in [2.45, 2.75) is 51.5 Å². The smallest absolute Gasteiger partial charge is 0.134 e. The molecular weight excluding hydrogens is 232 g/mol. The fraction of sp³-hybridized carbons (Fsp3) is 0.600. The normalized spacial score (nSPS) is 28.4. The summed E-state index contributed by atoms with van der Waals surface area (Å²) in [4.78, 5) is 0. The standard InChI is InChI=1S/C15H21F2N/c1-3-11-6-8-15(18,9-7-11)13-12(16)5-4-10(2)14(13)17/h4-5,11H,3,6-9,18H2,1-2H3. The Balaban J connectivity index is 2.34. The van der Waals surface area contributed by atoms with Crippen LogP contribution in [0.3, 0.4) is 0 Å². The van der Waals surface area contributed by atoms with E-state index in [1.54, 1.807) is 6.92 Å². The van der Waals surface area contributed by atoms with Gasteiger partial charge in [-0.05, 0) is 50.2 Å². The van der Waals surface area contributed by atoms with Crippen LogP contribution in [0.5, 0.6) is 0 Å². The van der Waals surface area contributed by atoms with E-state index in [-0.39, 0.29) is 5.56 Å². The summed E-state index contributed by atoms with van der Waals surface area (Å²) >= 11 is 0. The van der Waals surface area contributed by atoms with Crippen LogP contribution in [0.1, 0.15) is 50.2 Å². The van der Waals surface area contributed by atoms with Gasteiger partial charge in [0, 0.05) is 11.1 Å². The first-order chi connectivity index (χ1) is 8.48. The molecule has 0 saturated heterocycles. The Bertz CT molecular complexity index is 434. The molecule has 1 saturated carbocycles. The van der Waals surface area contributed by atoms with Gasteiger partial charge in [-0.15, -0.1) is 0 Å². The number of benzene rings is 1. The molecule has 1 aliphatic carbocycles. The topological polar surface area (TPSA) is 26.0 Å². The summed E-state index contributed by atoms with van der Waals surface area (Å²) in [7, 11) is 0. The van der Waals surface area contributed by atoms with Crippen molar-refractivity contribution < 1.29 is 8.78 Å². The summed E-state index contributed by atoms with van der Waals surface area (Å²) in [5, 5.41) is 0. The van der Waals surface area contributed by atoms with E-state index in [4.69, 9.17) is 5.73 Å². The van der Waals surface area contributed by atoms with Crippen LogP contribution < -0.4 is 5.73 Å². The van der Waals surface area contributed by atoms with Crippen molar-refractivity contribution in [1.29, 1.82) is 0 Å². The maximum absolute atomic E-state index is 14.2. The summed E-state index contributed by atoms with van der Waals surface area (Å²) in [5.74, 6) is -0.319. The zero-order valence-corrected chi connectivity index (χ0v) is 11.1. The van der Waals surface area contributed by atoms with Crippen molar-refractivity contribution in [2.24, 2.45) is 11.7 Å². The molecule has 0 spiro atoms. The predicted octanol–water partition coefficient (Wildman–Crippen LogP) is 4.03. The summed E-state index contributed by atoms with van der Waals surface area (Å²) in [5.41, 5.74) is 6.02. The minimum Gasteiger partial charge on any atom is -0.321 e. The Kier molecular flexibility index (Phi) is 3.71. The van der Waals surface area contributed by atoms with Gasteiger partial charge in [0.2, 0.25) is 0 Å². The second kappa shape index (κ2) is 4.96. The van der Waals surface area contributed by atoms with Gasteiger partial charge < -0.3 is 5.73 Å². The van der Waals surface area contributed by atoms with E-state index >= 15 is 0 Å². The van der Waals surface area contributed by atoms with Gasteiger partial charge in [0.1, 0.15) is 11.6 Å². The fourth-order valence-corrected chi connectivity index (χ4v) is 2.96. The molecular formula is C15H21F2N. The molecule has 0 amide bonds. The molecule has 0 atom stereocenters. The summed E-state index contributed by atoms with van der Waals surface area (Å²) in [6, 6.07) is 2.80. The van der Waals surface area contributed by atoms with Gasteiger partial charge in [0.05, 0.1) is 0 Å². The molecule has 100 valence electrons. The van der Waals surface area contributed by atoms with E-state index in [9.17, 15) is 8.78 Å². The largest absolute Gasteiger partial charge is 0.321 e. The maximum Gasteiger partial charge on any atom is 0.134 e. The number of halogens is 2. The maximum atomic E-state index is 14.2. The number of hydrogen-bond donors (Lipinski definition) is 1. The summed E-state index contributed by atoms with van der Waals surface area (Å²) < 4.78 is 28.1. The van der Waals surface area contributed by atoms with Crippen LogP contribution >= 0.6 is 0 Å². The van der Waals surface area contributed by atoms with Crippen molar-refractivity contribution in [3.63, 3.8) is 0 Å². The second-order valence-electron chi connectivity index (χ2n) is 5.56. The van der Waals surface area contributed by atoms with Crippen LogP contribution in [-0.4, -0.2) is 0 Å². The van der Waals surface area contributed by atoms with Crippen molar-refractivity contribution in [1.82, 2.24) is 0 Å². The third-order valence-corrected chi connectivity index (χ3v) is 4.36. The minimum absolute atomic E-state index is 0.0945. The molecule has 2 rings (SSSR count). The molecule has 0 bridgehead atoms. The van der Waals surface area contributed by atoms with Crippen LogP contribution in [0.25, 0.3) is 0 Å². The molecule has 1 aromatic rings. The third-order valence-electron chi connectivity index (χ3n) is 4.36. The molecule has 18 heavy (non-hydrogen) atoms. The highest BCUT2D eigenvalue weighted by molar-refractivity contribution is 5.33. The predicted molar refractivity (Wildman–Crippen MR) is 69.2 cm³/mol. The Hall–Kier alpha value is -0.960. The molecule has 1 aromatic carbocycles. The highest BCUT2D eigenvalue weighted by Gasteiger charge is 2.37. The van der Waals surface area contributed by atoms with Crippen molar-refractivity contribution in [3.05, 3.63) is 34.9 Å². The second-order valence-corrected chi connectivity index (χ2v) is 5.56. The van der Waals surface area contributed by atoms with Crippen molar-refractivity contribution in [3.8, 4) is 0 Å². The molecule has 2 N–H and O–H groups in total.